The van der Waals surface area contributed by atoms with Crippen molar-refractivity contribution in [2.75, 3.05) is 7.11 Å². The molecule has 0 aliphatic heterocycles. The van der Waals surface area contributed by atoms with Gasteiger partial charge in [-0.05, 0) is 23.3 Å². The van der Waals surface area contributed by atoms with Gasteiger partial charge in [-0.2, -0.15) is 0 Å². The van der Waals surface area contributed by atoms with E-state index < -0.39 is 10.0 Å². The van der Waals surface area contributed by atoms with E-state index >= 15 is 0 Å². The first-order valence-corrected chi connectivity index (χ1v) is 8.91. The van der Waals surface area contributed by atoms with Gasteiger partial charge in [-0.15, -0.1) is 0 Å². The van der Waals surface area contributed by atoms with Gasteiger partial charge in [-0.1, -0.05) is 60.7 Å². The molecule has 0 aliphatic rings. The van der Waals surface area contributed by atoms with Gasteiger partial charge in [0.25, 0.3) is 0 Å². The lowest BCUT2D eigenvalue weighted by molar-refractivity contribution is 0.417. The van der Waals surface area contributed by atoms with Crippen LogP contribution in [-0.4, -0.2) is 15.5 Å². The molecule has 0 atom stereocenters. The minimum absolute atomic E-state index is 0.0565. The molecule has 4 nitrogen and oxygen atoms in total. The molecule has 0 unspecified atom stereocenters. The van der Waals surface area contributed by atoms with Crippen LogP contribution in [0.15, 0.2) is 77.7 Å². The summed E-state index contributed by atoms with van der Waals surface area (Å²) in [5, 5.41) is 5.37. The summed E-state index contributed by atoms with van der Waals surface area (Å²) in [6, 6.07) is 22.1. The van der Waals surface area contributed by atoms with Crippen molar-refractivity contribution in [3.63, 3.8) is 0 Å². The minimum atomic E-state index is -3.84. The second kappa shape index (κ2) is 6.47. The van der Waals surface area contributed by atoms with E-state index in [0.717, 1.165) is 11.1 Å². The van der Waals surface area contributed by atoms with Crippen LogP contribution in [0.5, 0.6) is 5.75 Å². The lowest BCUT2D eigenvalue weighted by Crippen LogP contribution is -2.12. The first-order chi connectivity index (χ1) is 11.5. The third-order valence-electron chi connectivity index (χ3n) is 3.76. The van der Waals surface area contributed by atoms with Crippen molar-refractivity contribution < 1.29 is 13.2 Å². The van der Waals surface area contributed by atoms with Crippen molar-refractivity contribution in [1.29, 1.82) is 0 Å². The van der Waals surface area contributed by atoms with E-state index in [-0.39, 0.29) is 4.90 Å². The summed E-state index contributed by atoms with van der Waals surface area (Å²) in [5.41, 5.74) is 3.08. The van der Waals surface area contributed by atoms with Gasteiger partial charge in [0.05, 0.1) is 12.0 Å². The maximum Gasteiger partial charge on any atom is 0.238 e. The van der Waals surface area contributed by atoms with E-state index in [0.29, 0.717) is 16.9 Å². The summed E-state index contributed by atoms with van der Waals surface area (Å²) in [6.07, 6.45) is 0. The van der Waals surface area contributed by atoms with E-state index in [9.17, 15) is 8.42 Å². The van der Waals surface area contributed by atoms with Gasteiger partial charge in [-0.3, -0.25) is 0 Å². The molecule has 0 heterocycles. The van der Waals surface area contributed by atoms with Crippen LogP contribution < -0.4 is 9.88 Å². The topological polar surface area (TPSA) is 69.4 Å². The van der Waals surface area contributed by atoms with Crippen LogP contribution in [0, 0.1) is 0 Å². The predicted molar refractivity (Wildman–Crippen MR) is 95.2 cm³/mol. The molecule has 0 bridgehead atoms. The molecule has 3 rings (SSSR count). The summed E-state index contributed by atoms with van der Waals surface area (Å²) in [7, 11) is -2.27. The van der Waals surface area contributed by atoms with Crippen molar-refractivity contribution in [1.82, 2.24) is 0 Å². The zero-order chi connectivity index (χ0) is 17.2. The SMILES string of the molecule is COc1c(-c2ccccc2)cc(S(N)(=O)=O)cc1-c1ccccc1. The minimum Gasteiger partial charge on any atom is -0.495 e. The fourth-order valence-corrected chi connectivity index (χ4v) is 3.22. The predicted octanol–water partition coefficient (Wildman–Crippen LogP) is 3.68. The Morgan fingerprint density at radius 2 is 1.21 bits per heavy atom. The standard InChI is InChI=1S/C19H17NO3S/c1-23-19-17(14-8-4-2-5-9-14)12-16(24(20,21)22)13-18(19)15-10-6-3-7-11-15/h2-13H,1H3,(H2,20,21,22). The molecule has 0 aliphatic carbocycles. The Morgan fingerprint density at radius 1 is 0.792 bits per heavy atom. The Labute approximate surface area is 141 Å². The highest BCUT2D eigenvalue weighted by molar-refractivity contribution is 7.89. The molecule has 0 saturated heterocycles. The molecule has 3 aromatic rings. The quantitative estimate of drug-likeness (QED) is 0.788. The molecule has 0 fully saturated rings. The zero-order valence-corrected chi connectivity index (χ0v) is 14.0. The number of hydrogen-bond acceptors (Lipinski definition) is 3. The lowest BCUT2D eigenvalue weighted by Gasteiger charge is -2.16. The zero-order valence-electron chi connectivity index (χ0n) is 13.1. The Morgan fingerprint density at radius 3 is 1.54 bits per heavy atom. The fourth-order valence-electron chi connectivity index (χ4n) is 2.65. The summed E-state index contributed by atoms with van der Waals surface area (Å²) in [6.45, 7) is 0. The highest BCUT2D eigenvalue weighted by atomic mass is 32.2. The van der Waals surface area contributed by atoms with Crippen molar-refractivity contribution in [2.45, 2.75) is 4.90 Å². The van der Waals surface area contributed by atoms with Gasteiger partial charge in [0.1, 0.15) is 5.75 Å². The second-order valence-corrected chi connectivity index (χ2v) is 6.89. The summed E-state index contributed by atoms with van der Waals surface area (Å²) in [4.78, 5) is 0.0565. The van der Waals surface area contributed by atoms with Crippen LogP contribution in [0.1, 0.15) is 0 Å². The van der Waals surface area contributed by atoms with Gasteiger partial charge in [0, 0.05) is 11.1 Å². The molecule has 0 saturated carbocycles. The molecular formula is C19H17NO3S. The van der Waals surface area contributed by atoms with Crippen LogP contribution >= 0.6 is 0 Å². The van der Waals surface area contributed by atoms with Gasteiger partial charge < -0.3 is 4.74 Å². The Kier molecular flexibility index (Phi) is 4.38. The van der Waals surface area contributed by atoms with E-state index in [2.05, 4.69) is 0 Å². The molecule has 3 aromatic carbocycles. The molecule has 0 aromatic heterocycles. The van der Waals surface area contributed by atoms with Crippen LogP contribution in [0.3, 0.4) is 0 Å². The highest BCUT2D eigenvalue weighted by Crippen LogP contribution is 2.40. The number of ether oxygens (including phenoxy) is 1. The maximum atomic E-state index is 11.9. The van der Waals surface area contributed by atoms with Crippen LogP contribution in [-0.2, 0) is 10.0 Å². The van der Waals surface area contributed by atoms with Gasteiger partial charge in [-0.25, -0.2) is 13.6 Å². The number of rotatable bonds is 4. The smallest absolute Gasteiger partial charge is 0.238 e. The first kappa shape index (κ1) is 16.2. The normalized spacial score (nSPS) is 11.2. The molecule has 122 valence electrons. The fraction of sp³-hybridized carbons (Fsp3) is 0.0526. The van der Waals surface area contributed by atoms with E-state index in [1.165, 1.54) is 0 Å². The van der Waals surface area contributed by atoms with E-state index in [1.54, 1.807) is 19.2 Å². The van der Waals surface area contributed by atoms with Gasteiger partial charge in [0.2, 0.25) is 10.0 Å². The van der Waals surface area contributed by atoms with Crippen molar-refractivity contribution in [3.05, 3.63) is 72.8 Å². The molecule has 2 N–H and O–H groups in total. The molecule has 0 radical (unpaired) electrons. The maximum absolute atomic E-state index is 11.9. The molecular weight excluding hydrogens is 322 g/mol. The average Bonchev–Trinajstić information content (AvgIpc) is 2.61. The molecule has 0 amide bonds. The number of benzene rings is 3. The third kappa shape index (κ3) is 3.18. The van der Waals surface area contributed by atoms with Crippen molar-refractivity contribution in [2.24, 2.45) is 5.14 Å². The Bertz CT molecular complexity index is 892. The van der Waals surface area contributed by atoms with Crippen LogP contribution in [0.4, 0.5) is 0 Å². The number of hydrogen-bond donors (Lipinski definition) is 1. The highest BCUT2D eigenvalue weighted by Gasteiger charge is 2.19. The first-order valence-electron chi connectivity index (χ1n) is 7.36. The number of primary sulfonamides is 1. The molecule has 0 spiro atoms. The third-order valence-corrected chi connectivity index (χ3v) is 4.66. The summed E-state index contributed by atoms with van der Waals surface area (Å²) < 4.78 is 29.5. The Hall–Kier alpha value is -2.63. The molecule has 24 heavy (non-hydrogen) atoms. The molecule has 5 heteroatoms. The number of nitrogens with two attached hydrogens (primary N) is 1. The van der Waals surface area contributed by atoms with E-state index in [1.807, 2.05) is 60.7 Å². The van der Waals surface area contributed by atoms with Crippen LogP contribution in [0.25, 0.3) is 22.3 Å². The second-order valence-electron chi connectivity index (χ2n) is 5.33. The summed E-state index contributed by atoms with van der Waals surface area (Å²) in [5.74, 6) is 0.611. The Balaban J connectivity index is 2.37. The van der Waals surface area contributed by atoms with E-state index in [4.69, 9.17) is 9.88 Å². The van der Waals surface area contributed by atoms with Gasteiger partial charge >= 0.3 is 0 Å². The van der Waals surface area contributed by atoms with Crippen molar-refractivity contribution >= 4 is 10.0 Å². The average molecular weight is 339 g/mol. The number of sulfonamides is 1. The van der Waals surface area contributed by atoms with Crippen LogP contribution in [0.2, 0.25) is 0 Å². The summed E-state index contributed by atoms with van der Waals surface area (Å²) >= 11 is 0. The lowest BCUT2D eigenvalue weighted by atomic mass is 9.97. The monoisotopic (exact) mass is 339 g/mol. The van der Waals surface area contributed by atoms with Crippen molar-refractivity contribution in [3.8, 4) is 28.0 Å². The largest absolute Gasteiger partial charge is 0.495 e. The van der Waals surface area contributed by atoms with Gasteiger partial charge in [0.15, 0.2) is 0 Å². The number of methoxy groups -OCH3 is 1.